The lowest BCUT2D eigenvalue weighted by Crippen LogP contribution is -2.12. The first-order valence-corrected chi connectivity index (χ1v) is 6.93. The van der Waals surface area contributed by atoms with Gasteiger partial charge in [0.25, 0.3) is 0 Å². The molecule has 1 atom stereocenters. The summed E-state index contributed by atoms with van der Waals surface area (Å²) in [7, 11) is 0. The third-order valence-electron chi connectivity index (χ3n) is 2.41. The van der Waals surface area contributed by atoms with Gasteiger partial charge in [-0.15, -0.1) is 0 Å². The van der Waals surface area contributed by atoms with Crippen molar-refractivity contribution in [2.24, 2.45) is 0 Å². The highest BCUT2D eigenvalue weighted by molar-refractivity contribution is 7.99. The van der Waals surface area contributed by atoms with Crippen molar-refractivity contribution in [3.63, 3.8) is 0 Å². The van der Waals surface area contributed by atoms with Crippen molar-refractivity contribution in [3.05, 3.63) is 23.8 Å². The first-order chi connectivity index (χ1) is 7.76. The summed E-state index contributed by atoms with van der Waals surface area (Å²) in [6, 6.07) is 0. The topological polar surface area (TPSA) is 37.8 Å². The minimum absolute atomic E-state index is 0.685. The molecule has 0 radical (unpaired) electrons. The second kappa shape index (κ2) is 7.63. The Kier molecular flexibility index (Phi) is 6.42. The Morgan fingerprint density at radius 1 is 1.31 bits per heavy atom. The van der Waals surface area contributed by atoms with Crippen LogP contribution in [0.25, 0.3) is 0 Å². The largest absolute Gasteiger partial charge is 0.313 e. The number of nitrogens with one attached hydrogen (secondary N) is 1. The van der Waals surface area contributed by atoms with Crippen molar-refractivity contribution < 1.29 is 0 Å². The maximum absolute atomic E-state index is 4.37. The minimum atomic E-state index is 0.685. The van der Waals surface area contributed by atoms with Crippen LogP contribution in [0.5, 0.6) is 0 Å². The van der Waals surface area contributed by atoms with Crippen LogP contribution in [-0.4, -0.2) is 21.8 Å². The Labute approximate surface area is 102 Å². The lowest BCUT2D eigenvalue weighted by atomic mass is 10.3. The van der Waals surface area contributed by atoms with Crippen molar-refractivity contribution in [1.29, 1.82) is 0 Å². The number of thioether (sulfide) groups is 1. The van der Waals surface area contributed by atoms with Crippen LogP contribution < -0.4 is 5.32 Å². The number of hydrogen-bond donors (Lipinski definition) is 1. The monoisotopic (exact) mass is 239 g/mol. The van der Waals surface area contributed by atoms with E-state index in [1.165, 1.54) is 6.42 Å². The summed E-state index contributed by atoms with van der Waals surface area (Å²) in [5.41, 5.74) is 1.15. The van der Waals surface area contributed by atoms with Gasteiger partial charge in [-0.25, -0.2) is 9.97 Å². The highest BCUT2D eigenvalue weighted by atomic mass is 32.2. The van der Waals surface area contributed by atoms with Gasteiger partial charge < -0.3 is 5.32 Å². The molecule has 1 rings (SSSR count). The normalized spacial score (nSPS) is 12.7. The van der Waals surface area contributed by atoms with Gasteiger partial charge in [0.05, 0.1) is 5.75 Å². The fourth-order valence-electron chi connectivity index (χ4n) is 1.15. The highest BCUT2D eigenvalue weighted by Crippen LogP contribution is 2.17. The Hall–Kier alpha value is -0.610. The SMILES string of the molecule is CCNCc1cnc(CSC(C)CC)nc1. The van der Waals surface area contributed by atoms with E-state index in [9.17, 15) is 0 Å². The van der Waals surface area contributed by atoms with E-state index in [0.717, 1.165) is 30.2 Å². The Balaban J connectivity index is 2.38. The van der Waals surface area contributed by atoms with E-state index >= 15 is 0 Å². The zero-order valence-electron chi connectivity index (χ0n) is 10.4. The summed E-state index contributed by atoms with van der Waals surface area (Å²) in [5, 5.41) is 3.94. The molecule has 1 heterocycles. The van der Waals surface area contributed by atoms with Crippen LogP contribution in [0.4, 0.5) is 0 Å². The zero-order chi connectivity index (χ0) is 11.8. The van der Waals surface area contributed by atoms with Gasteiger partial charge in [0.2, 0.25) is 0 Å². The molecular weight excluding hydrogens is 218 g/mol. The van der Waals surface area contributed by atoms with Gasteiger partial charge in [0, 0.05) is 29.8 Å². The van der Waals surface area contributed by atoms with Crippen LogP contribution in [-0.2, 0) is 12.3 Å². The molecule has 0 aliphatic carbocycles. The van der Waals surface area contributed by atoms with Gasteiger partial charge in [0.1, 0.15) is 5.82 Å². The van der Waals surface area contributed by atoms with Crippen LogP contribution in [0.2, 0.25) is 0 Å². The van der Waals surface area contributed by atoms with Crippen molar-refractivity contribution >= 4 is 11.8 Å². The lowest BCUT2D eigenvalue weighted by molar-refractivity contribution is 0.719. The lowest BCUT2D eigenvalue weighted by Gasteiger charge is -2.07. The second-order valence-corrected chi connectivity index (χ2v) is 5.24. The van der Waals surface area contributed by atoms with E-state index in [4.69, 9.17) is 0 Å². The minimum Gasteiger partial charge on any atom is -0.313 e. The molecule has 0 bridgehead atoms. The third kappa shape index (κ3) is 4.94. The van der Waals surface area contributed by atoms with Crippen molar-refractivity contribution in [2.75, 3.05) is 6.54 Å². The summed E-state index contributed by atoms with van der Waals surface area (Å²) < 4.78 is 0. The van der Waals surface area contributed by atoms with E-state index in [1.54, 1.807) is 0 Å². The third-order valence-corrected chi connectivity index (χ3v) is 3.74. The average molecular weight is 239 g/mol. The van der Waals surface area contributed by atoms with Crippen LogP contribution in [0.3, 0.4) is 0 Å². The molecule has 1 N–H and O–H groups in total. The van der Waals surface area contributed by atoms with Gasteiger partial charge in [-0.1, -0.05) is 20.8 Å². The van der Waals surface area contributed by atoms with E-state index in [1.807, 2.05) is 24.2 Å². The Morgan fingerprint density at radius 3 is 2.56 bits per heavy atom. The first-order valence-electron chi connectivity index (χ1n) is 5.88. The van der Waals surface area contributed by atoms with Gasteiger partial charge in [-0.05, 0) is 13.0 Å². The van der Waals surface area contributed by atoms with E-state index in [2.05, 4.69) is 36.1 Å². The van der Waals surface area contributed by atoms with Crippen molar-refractivity contribution in [2.45, 2.75) is 44.7 Å². The van der Waals surface area contributed by atoms with Gasteiger partial charge in [0.15, 0.2) is 0 Å². The molecule has 4 heteroatoms. The van der Waals surface area contributed by atoms with Crippen molar-refractivity contribution in [1.82, 2.24) is 15.3 Å². The smallest absolute Gasteiger partial charge is 0.138 e. The quantitative estimate of drug-likeness (QED) is 0.794. The standard InChI is InChI=1S/C12H21N3S/c1-4-10(3)16-9-12-14-7-11(8-15-12)6-13-5-2/h7-8,10,13H,4-6,9H2,1-3H3. The van der Waals surface area contributed by atoms with E-state index in [-0.39, 0.29) is 0 Å². The molecule has 0 fully saturated rings. The molecule has 16 heavy (non-hydrogen) atoms. The predicted molar refractivity (Wildman–Crippen MR) is 70.5 cm³/mol. The van der Waals surface area contributed by atoms with Crippen LogP contribution in [0.15, 0.2) is 12.4 Å². The fraction of sp³-hybridized carbons (Fsp3) is 0.667. The van der Waals surface area contributed by atoms with Crippen molar-refractivity contribution in [3.8, 4) is 0 Å². The number of aromatic nitrogens is 2. The second-order valence-electron chi connectivity index (χ2n) is 3.82. The maximum atomic E-state index is 4.37. The molecule has 0 aromatic carbocycles. The fourth-order valence-corrected chi connectivity index (χ4v) is 1.97. The Bertz CT molecular complexity index is 287. The van der Waals surface area contributed by atoms with Gasteiger partial charge >= 0.3 is 0 Å². The molecule has 90 valence electrons. The van der Waals surface area contributed by atoms with Crippen LogP contribution in [0, 0.1) is 0 Å². The van der Waals surface area contributed by atoms with Gasteiger partial charge in [-0.3, -0.25) is 0 Å². The van der Waals surface area contributed by atoms with Crippen LogP contribution >= 0.6 is 11.8 Å². The first kappa shape index (κ1) is 13.5. The summed E-state index contributed by atoms with van der Waals surface area (Å²) in [5.74, 6) is 1.85. The van der Waals surface area contributed by atoms with E-state index < -0.39 is 0 Å². The molecule has 0 spiro atoms. The van der Waals surface area contributed by atoms with Gasteiger partial charge in [-0.2, -0.15) is 11.8 Å². The zero-order valence-corrected chi connectivity index (χ0v) is 11.2. The molecule has 0 aliphatic heterocycles. The predicted octanol–water partition coefficient (Wildman–Crippen LogP) is 2.62. The maximum Gasteiger partial charge on any atom is 0.138 e. The molecule has 1 unspecified atom stereocenters. The summed E-state index contributed by atoms with van der Waals surface area (Å²) >= 11 is 1.91. The number of rotatable bonds is 7. The number of nitrogens with zero attached hydrogens (tertiary/aromatic N) is 2. The van der Waals surface area contributed by atoms with E-state index in [0.29, 0.717) is 5.25 Å². The molecule has 0 saturated carbocycles. The molecule has 3 nitrogen and oxygen atoms in total. The molecule has 1 aromatic rings. The number of hydrogen-bond acceptors (Lipinski definition) is 4. The summed E-state index contributed by atoms with van der Waals surface area (Å²) in [6.45, 7) is 8.38. The molecule has 0 amide bonds. The average Bonchev–Trinajstić information content (AvgIpc) is 2.34. The molecule has 0 aliphatic rings. The summed E-state index contributed by atoms with van der Waals surface area (Å²) in [4.78, 5) is 8.73. The molecule has 0 saturated heterocycles. The Morgan fingerprint density at radius 2 is 2.00 bits per heavy atom. The molecule has 1 aromatic heterocycles. The highest BCUT2D eigenvalue weighted by Gasteiger charge is 2.02. The molecular formula is C12H21N3S. The van der Waals surface area contributed by atoms with Crippen LogP contribution in [0.1, 0.15) is 38.6 Å². The summed E-state index contributed by atoms with van der Waals surface area (Å²) in [6.07, 6.45) is 5.04.